The van der Waals surface area contributed by atoms with Gasteiger partial charge in [0.15, 0.2) is 6.04 Å². The first-order valence-corrected chi connectivity index (χ1v) is 7.23. The van der Waals surface area contributed by atoms with Crippen LogP contribution in [-0.2, 0) is 9.59 Å². The molecule has 1 amide bonds. The Hall–Kier alpha value is -1.88. The summed E-state index contributed by atoms with van der Waals surface area (Å²) in [5.41, 5.74) is 0.397. The predicted octanol–water partition coefficient (Wildman–Crippen LogP) is 1.71. The molecular weight excluding hydrogens is 268 g/mol. The molecule has 1 saturated heterocycles. The van der Waals surface area contributed by atoms with Crippen molar-refractivity contribution in [1.29, 1.82) is 0 Å². The van der Waals surface area contributed by atoms with Crippen LogP contribution in [-0.4, -0.2) is 29.6 Å². The van der Waals surface area contributed by atoms with Gasteiger partial charge < -0.3 is 15.7 Å². The van der Waals surface area contributed by atoms with E-state index >= 15 is 0 Å². The molecule has 1 aromatic carbocycles. The number of rotatable bonds is 4. The first kappa shape index (κ1) is 15.5. The molecule has 0 bridgehead atoms. The van der Waals surface area contributed by atoms with Crippen molar-refractivity contribution in [2.45, 2.75) is 38.8 Å². The normalized spacial score (nSPS) is 22.3. The summed E-state index contributed by atoms with van der Waals surface area (Å²) >= 11 is 0. The van der Waals surface area contributed by atoms with Crippen molar-refractivity contribution in [3.05, 3.63) is 35.9 Å². The number of carboxylic acid groups (broad SMARTS) is 1. The van der Waals surface area contributed by atoms with Crippen molar-refractivity contribution in [3.63, 3.8) is 0 Å². The van der Waals surface area contributed by atoms with Gasteiger partial charge in [-0.1, -0.05) is 44.2 Å². The summed E-state index contributed by atoms with van der Waals surface area (Å²) in [6.07, 6.45) is 1.97. The van der Waals surface area contributed by atoms with Gasteiger partial charge in [-0.15, -0.1) is 0 Å². The predicted molar refractivity (Wildman–Crippen MR) is 79.8 cm³/mol. The Balaban J connectivity index is 2.14. The second-order valence-corrected chi connectivity index (χ2v) is 6.17. The highest BCUT2D eigenvalue weighted by atomic mass is 16.4. The van der Waals surface area contributed by atoms with Gasteiger partial charge in [0.25, 0.3) is 0 Å². The van der Waals surface area contributed by atoms with Gasteiger partial charge in [-0.25, -0.2) is 4.79 Å². The van der Waals surface area contributed by atoms with Gasteiger partial charge in [0.2, 0.25) is 5.91 Å². The van der Waals surface area contributed by atoms with E-state index in [9.17, 15) is 14.7 Å². The van der Waals surface area contributed by atoms with Crippen molar-refractivity contribution < 1.29 is 14.7 Å². The maximum absolute atomic E-state index is 12.5. The third-order valence-corrected chi connectivity index (χ3v) is 4.06. The topological polar surface area (TPSA) is 78.4 Å². The second-order valence-electron chi connectivity index (χ2n) is 6.17. The van der Waals surface area contributed by atoms with E-state index in [0.29, 0.717) is 5.56 Å². The van der Waals surface area contributed by atoms with Crippen LogP contribution in [0.15, 0.2) is 30.3 Å². The quantitative estimate of drug-likeness (QED) is 0.789. The van der Waals surface area contributed by atoms with Gasteiger partial charge in [-0.3, -0.25) is 4.79 Å². The number of carboxylic acids is 1. The van der Waals surface area contributed by atoms with Crippen LogP contribution >= 0.6 is 0 Å². The molecule has 1 aliphatic rings. The molecule has 1 aliphatic heterocycles. The number of hydrogen-bond acceptors (Lipinski definition) is 3. The number of carbonyl (C=O) groups is 2. The summed E-state index contributed by atoms with van der Waals surface area (Å²) < 4.78 is 0. The molecule has 0 aromatic heterocycles. The number of hydrogen-bond donors (Lipinski definition) is 3. The molecule has 2 atom stereocenters. The highest BCUT2D eigenvalue weighted by Gasteiger charge is 2.38. The largest absolute Gasteiger partial charge is 0.479 e. The first-order valence-electron chi connectivity index (χ1n) is 7.23. The zero-order valence-electron chi connectivity index (χ0n) is 12.4. The standard InChI is InChI=1S/C16H22N2O3/c1-16(2)9-6-10-17-13(16)14(19)18-12(15(20)21)11-7-4-3-5-8-11/h3-5,7-8,12-13,17H,6,9-10H2,1-2H3,(H,18,19)(H,20,21). The Kier molecular flexibility index (Phi) is 4.63. The van der Waals surface area contributed by atoms with Gasteiger partial charge in [0.1, 0.15) is 0 Å². The van der Waals surface area contributed by atoms with Crippen LogP contribution in [0.3, 0.4) is 0 Å². The van der Waals surface area contributed by atoms with Crippen LogP contribution in [0.4, 0.5) is 0 Å². The Morgan fingerprint density at radius 3 is 2.57 bits per heavy atom. The van der Waals surface area contributed by atoms with Crippen molar-refractivity contribution in [2.75, 3.05) is 6.54 Å². The zero-order chi connectivity index (χ0) is 15.5. The molecule has 0 aliphatic carbocycles. The smallest absolute Gasteiger partial charge is 0.330 e. The molecule has 21 heavy (non-hydrogen) atoms. The summed E-state index contributed by atoms with van der Waals surface area (Å²) in [7, 11) is 0. The van der Waals surface area contributed by atoms with Crippen molar-refractivity contribution in [1.82, 2.24) is 10.6 Å². The fraction of sp³-hybridized carbons (Fsp3) is 0.500. The zero-order valence-corrected chi connectivity index (χ0v) is 12.4. The van der Waals surface area contributed by atoms with Crippen LogP contribution in [0, 0.1) is 5.41 Å². The molecule has 2 rings (SSSR count). The lowest BCUT2D eigenvalue weighted by molar-refractivity contribution is -0.143. The van der Waals surface area contributed by atoms with E-state index in [-0.39, 0.29) is 17.4 Å². The molecule has 1 aromatic rings. The van der Waals surface area contributed by atoms with E-state index in [1.54, 1.807) is 24.3 Å². The molecule has 114 valence electrons. The lowest BCUT2D eigenvalue weighted by Gasteiger charge is -2.38. The summed E-state index contributed by atoms with van der Waals surface area (Å²) in [5.74, 6) is -1.31. The average Bonchev–Trinajstić information content (AvgIpc) is 2.44. The third kappa shape index (κ3) is 3.61. The first-order chi connectivity index (χ1) is 9.92. The van der Waals surface area contributed by atoms with E-state index in [2.05, 4.69) is 10.6 Å². The molecule has 2 unspecified atom stereocenters. The summed E-state index contributed by atoms with van der Waals surface area (Å²) in [6, 6.07) is 7.38. The number of amides is 1. The fourth-order valence-electron chi connectivity index (χ4n) is 2.82. The van der Waals surface area contributed by atoms with E-state index in [0.717, 1.165) is 19.4 Å². The Bertz CT molecular complexity index is 514. The minimum absolute atomic E-state index is 0.178. The lowest BCUT2D eigenvalue weighted by atomic mass is 9.77. The molecule has 0 spiro atoms. The second kappa shape index (κ2) is 6.26. The van der Waals surface area contributed by atoms with E-state index in [4.69, 9.17) is 0 Å². The summed E-state index contributed by atoms with van der Waals surface area (Å²) in [4.78, 5) is 23.9. The summed E-state index contributed by atoms with van der Waals surface area (Å²) in [6.45, 7) is 4.84. The minimum atomic E-state index is -1.05. The van der Waals surface area contributed by atoms with Gasteiger partial charge in [-0.2, -0.15) is 0 Å². The summed E-state index contributed by atoms with van der Waals surface area (Å²) in [5, 5.41) is 15.2. The van der Waals surface area contributed by atoms with Gasteiger partial charge in [0.05, 0.1) is 6.04 Å². The van der Waals surface area contributed by atoms with Crippen molar-refractivity contribution in [2.24, 2.45) is 5.41 Å². The maximum atomic E-state index is 12.5. The molecule has 1 fully saturated rings. The molecule has 0 saturated carbocycles. The van der Waals surface area contributed by atoms with E-state index in [1.807, 2.05) is 19.9 Å². The molecule has 5 heteroatoms. The minimum Gasteiger partial charge on any atom is -0.479 e. The van der Waals surface area contributed by atoms with Crippen molar-refractivity contribution in [3.8, 4) is 0 Å². The van der Waals surface area contributed by atoms with E-state index < -0.39 is 12.0 Å². The number of benzene rings is 1. The fourth-order valence-corrected chi connectivity index (χ4v) is 2.82. The monoisotopic (exact) mass is 290 g/mol. The van der Waals surface area contributed by atoms with Crippen LogP contribution in [0.1, 0.15) is 38.3 Å². The SMILES string of the molecule is CC1(C)CCCNC1C(=O)NC(C(=O)O)c1ccccc1. The van der Waals surface area contributed by atoms with Gasteiger partial charge in [0, 0.05) is 0 Å². The number of aliphatic carboxylic acids is 1. The average molecular weight is 290 g/mol. The van der Waals surface area contributed by atoms with Crippen molar-refractivity contribution >= 4 is 11.9 Å². The van der Waals surface area contributed by atoms with Crippen LogP contribution in [0.2, 0.25) is 0 Å². The third-order valence-electron chi connectivity index (χ3n) is 4.06. The molecule has 1 heterocycles. The molecule has 0 radical (unpaired) electrons. The van der Waals surface area contributed by atoms with Gasteiger partial charge in [-0.05, 0) is 30.4 Å². The maximum Gasteiger partial charge on any atom is 0.330 e. The van der Waals surface area contributed by atoms with Crippen LogP contribution in [0.25, 0.3) is 0 Å². The van der Waals surface area contributed by atoms with E-state index in [1.165, 1.54) is 0 Å². The van der Waals surface area contributed by atoms with Gasteiger partial charge >= 0.3 is 5.97 Å². The number of piperidine rings is 1. The number of carbonyl (C=O) groups excluding carboxylic acids is 1. The van der Waals surface area contributed by atoms with Crippen LogP contribution < -0.4 is 10.6 Å². The molecule has 5 nitrogen and oxygen atoms in total. The Morgan fingerprint density at radius 2 is 2.00 bits per heavy atom. The molecule has 3 N–H and O–H groups in total. The lowest BCUT2D eigenvalue weighted by Crippen LogP contribution is -2.56. The highest BCUT2D eigenvalue weighted by Crippen LogP contribution is 2.30. The Labute approximate surface area is 124 Å². The molecular formula is C16H22N2O3. The highest BCUT2D eigenvalue weighted by molar-refractivity contribution is 5.88. The number of nitrogens with one attached hydrogen (secondary N) is 2. The Morgan fingerprint density at radius 1 is 1.33 bits per heavy atom. The van der Waals surface area contributed by atoms with Crippen LogP contribution in [0.5, 0.6) is 0 Å².